The maximum atomic E-state index is 3.68. The number of hydrogen-bond donors (Lipinski definition) is 4. The highest BCUT2D eigenvalue weighted by atomic mass is 35.5. The highest BCUT2D eigenvalue weighted by Gasteiger charge is 2.09. The van der Waals surface area contributed by atoms with Crippen LogP contribution < -0.4 is 21.3 Å². The van der Waals surface area contributed by atoms with Gasteiger partial charge in [0.2, 0.25) is 0 Å². The fraction of sp³-hybridized carbons (Fsp3) is 0.278. The maximum Gasteiger partial charge on any atom is 0.0211 e. The van der Waals surface area contributed by atoms with E-state index in [9.17, 15) is 0 Å². The van der Waals surface area contributed by atoms with Gasteiger partial charge >= 0.3 is 0 Å². The largest absolute Gasteiger partial charge is 0.412 e. The topological polar surface area (TPSA) is 79.6 Å². The van der Waals surface area contributed by atoms with Crippen molar-refractivity contribution in [2.75, 3.05) is 26.2 Å². The first-order valence-electron chi connectivity index (χ1n) is 28.6. The standard InChI is InChI=1S/2C36H40N2.4ClH.H2O/c2*1-3-13-29(14-4-1)17-7-9-23-37-27-33-21-11-19-31-26-36-32(25-35(31)33)20-12-22-34(36)28-38-24-10-8-18-30-15-5-2-6-16-30;;;;;/h2*1-6,11-16,19-22,25-26,37-38H,7-10,17-18,23-24,27-28H2;4*1H;1H2. The molecule has 0 saturated heterocycles. The highest BCUT2D eigenvalue weighted by Crippen LogP contribution is 2.30. The van der Waals surface area contributed by atoms with Crippen molar-refractivity contribution < 1.29 is 5.48 Å². The normalized spacial score (nSPS) is 10.7. The first-order chi connectivity index (χ1) is 37.7. The maximum absolute atomic E-state index is 3.68. The smallest absolute Gasteiger partial charge is 0.0211 e. The zero-order chi connectivity index (χ0) is 51.7. The number of hydrogen-bond acceptors (Lipinski definition) is 4. The lowest BCUT2D eigenvalue weighted by molar-refractivity contribution is 0.624. The van der Waals surface area contributed by atoms with Gasteiger partial charge < -0.3 is 26.7 Å². The van der Waals surface area contributed by atoms with E-state index in [1.807, 2.05) is 0 Å². The number of benzene rings is 10. The van der Waals surface area contributed by atoms with Crippen LogP contribution in [0.25, 0.3) is 43.1 Å². The van der Waals surface area contributed by atoms with E-state index in [2.05, 4.69) is 240 Å². The van der Waals surface area contributed by atoms with Crippen molar-refractivity contribution >= 4 is 92.7 Å². The molecule has 428 valence electrons. The minimum atomic E-state index is 0. The van der Waals surface area contributed by atoms with Crippen LogP contribution in [0.4, 0.5) is 0 Å². The molecule has 0 saturated carbocycles. The Bertz CT molecular complexity index is 2850. The molecule has 0 spiro atoms. The van der Waals surface area contributed by atoms with E-state index in [1.54, 1.807) is 0 Å². The fourth-order valence-corrected chi connectivity index (χ4v) is 10.8. The van der Waals surface area contributed by atoms with Crippen molar-refractivity contribution in [1.29, 1.82) is 0 Å². The van der Waals surface area contributed by atoms with Crippen LogP contribution in [0, 0.1) is 0 Å². The summed E-state index contributed by atoms with van der Waals surface area (Å²) in [7, 11) is 0. The van der Waals surface area contributed by atoms with Crippen molar-refractivity contribution in [3.05, 3.63) is 263 Å². The van der Waals surface area contributed by atoms with Crippen molar-refractivity contribution in [3.63, 3.8) is 0 Å². The molecular weight excluding hydrogens is 1080 g/mol. The molecule has 0 unspecified atom stereocenters. The van der Waals surface area contributed by atoms with Crippen LogP contribution in [0.15, 0.2) is 218 Å². The summed E-state index contributed by atoms with van der Waals surface area (Å²) in [6, 6.07) is 79.7. The predicted octanol–water partition coefficient (Wildman–Crippen LogP) is 17.3. The van der Waals surface area contributed by atoms with Crippen LogP contribution in [0.1, 0.15) is 95.9 Å². The molecule has 5 nitrogen and oxygen atoms in total. The average Bonchev–Trinajstić information content (AvgIpc) is 3.52. The Hall–Kier alpha value is -5.80. The van der Waals surface area contributed by atoms with E-state index in [4.69, 9.17) is 0 Å². The van der Waals surface area contributed by atoms with E-state index < -0.39 is 0 Å². The molecule has 10 aromatic rings. The van der Waals surface area contributed by atoms with Gasteiger partial charge in [0, 0.05) is 26.2 Å². The van der Waals surface area contributed by atoms with Crippen LogP contribution >= 0.6 is 49.6 Å². The average molecular weight is 1170 g/mol. The molecule has 0 aliphatic rings. The van der Waals surface area contributed by atoms with Crippen molar-refractivity contribution in [2.24, 2.45) is 0 Å². The van der Waals surface area contributed by atoms with Gasteiger partial charge in [-0.1, -0.05) is 194 Å². The molecule has 0 aliphatic heterocycles. The molecule has 9 heteroatoms. The van der Waals surface area contributed by atoms with Crippen LogP contribution in [-0.4, -0.2) is 31.7 Å². The van der Waals surface area contributed by atoms with E-state index in [0.717, 1.165) is 78.0 Å². The summed E-state index contributed by atoms with van der Waals surface area (Å²) in [5.41, 5.74) is 11.3. The van der Waals surface area contributed by atoms with Gasteiger partial charge in [-0.05, 0) is 215 Å². The lowest BCUT2D eigenvalue weighted by Gasteiger charge is -2.13. The quantitative estimate of drug-likeness (QED) is 0.0291. The highest BCUT2D eigenvalue weighted by molar-refractivity contribution is 6.02. The summed E-state index contributed by atoms with van der Waals surface area (Å²) in [6.07, 6.45) is 14.3. The number of nitrogens with one attached hydrogen (secondary N) is 4. The number of aryl methyl sites for hydroxylation is 4. The van der Waals surface area contributed by atoms with Gasteiger partial charge in [0.25, 0.3) is 0 Å². The minimum Gasteiger partial charge on any atom is -0.412 e. The molecule has 0 bridgehead atoms. The number of unbranched alkanes of at least 4 members (excludes halogenated alkanes) is 4. The number of fused-ring (bicyclic) bond motifs is 4. The predicted molar refractivity (Wildman–Crippen MR) is 360 cm³/mol. The molecule has 81 heavy (non-hydrogen) atoms. The van der Waals surface area contributed by atoms with Gasteiger partial charge in [-0.2, -0.15) is 0 Å². The summed E-state index contributed by atoms with van der Waals surface area (Å²) in [4.78, 5) is 0. The molecule has 0 amide bonds. The summed E-state index contributed by atoms with van der Waals surface area (Å²) in [5.74, 6) is 0. The van der Waals surface area contributed by atoms with Gasteiger partial charge in [-0.15, -0.1) is 49.6 Å². The molecule has 0 aromatic heterocycles. The van der Waals surface area contributed by atoms with E-state index in [-0.39, 0.29) is 55.1 Å². The minimum absolute atomic E-state index is 0. The van der Waals surface area contributed by atoms with Crippen LogP contribution in [0.5, 0.6) is 0 Å². The molecule has 6 N–H and O–H groups in total. The van der Waals surface area contributed by atoms with Crippen LogP contribution in [0.3, 0.4) is 0 Å². The molecule has 0 radical (unpaired) electrons. The first kappa shape index (κ1) is 67.7. The number of rotatable bonds is 28. The Morgan fingerprint density at radius 3 is 0.642 bits per heavy atom. The second-order valence-corrected chi connectivity index (χ2v) is 20.7. The summed E-state index contributed by atoms with van der Waals surface area (Å²) < 4.78 is 0. The van der Waals surface area contributed by atoms with E-state index in [1.165, 1.54) is 139 Å². The third-order valence-corrected chi connectivity index (χ3v) is 15.0. The zero-order valence-electron chi connectivity index (χ0n) is 47.1. The van der Waals surface area contributed by atoms with Gasteiger partial charge in [0.15, 0.2) is 0 Å². The molecular formula is C72H86Cl4N4O. The monoisotopic (exact) mass is 1160 g/mol. The number of halogens is 4. The molecule has 0 heterocycles. The fourth-order valence-electron chi connectivity index (χ4n) is 10.8. The molecule has 0 aliphatic carbocycles. The van der Waals surface area contributed by atoms with Gasteiger partial charge in [-0.3, -0.25) is 0 Å². The zero-order valence-corrected chi connectivity index (χ0v) is 50.3. The Balaban J connectivity index is 0.000000328. The molecule has 0 atom stereocenters. The third kappa shape index (κ3) is 21.5. The summed E-state index contributed by atoms with van der Waals surface area (Å²) in [6.45, 7) is 7.87. The Kier molecular flexibility index (Phi) is 31.8. The lowest BCUT2D eigenvalue weighted by atomic mass is 9.97. The molecule has 0 fully saturated rings. The lowest BCUT2D eigenvalue weighted by Crippen LogP contribution is -2.15. The Labute approximate surface area is 508 Å². The second-order valence-electron chi connectivity index (χ2n) is 20.7. The van der Waals surface area contributed by atoms with Gasteiger partial charge in [-0.25, -0.2) is 0 Å². The Morgan fingerprint density at radius 2 is 0.432 bits per heavy atom. The molecule has 10 rings (SSSR count). The van der Waals surface area contributed by atoms with Crippen LogP contribution in [0.2, 0.25) is 0 Å². The van der Waals surface area contributed by atoms with Crippen molar-refractivity contribution in [2.45, 2.75) is 103 Å². The summed E-state index contributed by atoms with van der Waals surface area (Å²) >= 11 is 0. The Morgan fingerprint density at radius 1 is 0.222 bits per heavy atom. The SMILES string of the molecule is Cl.Cl.Cl.Cl.O.c1ccc(CCCCNCc2cccc3cc4c(CNCCCCc5ccccc5)cccc4cc23)cc1.c1ccc(CCCCNCc2cccc3cc4c(CNCCCCc5ccccc5)cccc4cc23)cc1. The van der Waals surface area contributed by atoms with Crippen molar-refractivity contribution in [1.82, 2.24) is 21.3 Å². The van der Waals surface area contributed by atoms with Gasteiger partial charge in [0.1, 0.15) is 0 Å². The molecule has 10 aromatic carbocycles. The third-order valence-electron chi connectivity index (χ3n) is 15.0. The second kappa shape index (κ2) is 38.1. The first-order valence-corrected chi connectivity index (χ1v) is 28.6. The van der Waals surface area contributed by atoms with E-state index >= 15 is 0 Å². The van der Waals surface area contributed by atoms with E-state index in [0.29, 0.717) is 0 Å². The summed E-state index contributed by atoms with van der Waals surface area (Å²) in [5, 5.41) is 25.5. The van der Waals surface area contributed by atoms with Crippen LogP contribution in [-0.2, 0) is 51.9 Å². The van der Waals surface area contributed by atoms with Gasteiger partial charge in [0.05, 0.1) is 0 Å². The van der Waals surface area contributed by atoms with Crippen molar-refractivity contribution in [3.8, 4) is 0 Å².